The van der Waals surface area contributed by atoms with Crippen LogP contribution in [0.2, 0.25) is 0 Å². The molecule has 25 heteroatoms. The number of carboxylic acid groups (broad SMARTS) is 1. The van der Waals surface area contributed by atoms with Gasteiger partial charge in [-0.1, -0.05) is 0 Å². The third-order valence-corrected chi connectivity index (χ3v) is 5.00. The Morgan fingerprint density at radius 2 is 0.846 bits per heavy atom. The number of Topliss-reactive ketones (excluding diaryl/α,β-unsaturated/α-hetero) is 1. The molecular weight excluding hydrogens is 1090 g/mol. The fourth-order valence-electron chi connectivity index (χ4n) is 3.12. The number of hydrogen-bond donors (Lipinski definition) is 2. The maximum absolute atomic E-state index is 11.3. The first kappa shape index (κ1) is 79.7. The van der Waals surface area contributed by atoms with Crippen LogP contribution in [0.4, 0.5) is 0 Å². The summed E-state index contributed by atoms with van der Waals surface area (Å²) < 4.78 is 59.5. The van der Waals surface area contributed by atoms with Crippen LogP contribution in [0, 0.1) is 38.5 Å². The second kappa shape index (κ2) is 52.6. The summed E-state index contributed by atoms with van der Waals surface area (Å²) in [5.74, 6) is -2.85. The minimum atomic E-state index is -1.01. The monoisotopic (exact) mass is 1170 g/mol. The van der Waals surface area contributed by atoms with Crippen LogP contribution in [0.3, 0.4) is 0 Å². The second-order valence-electron chi connectivity index (χ2n) is 14.7. The molecule has 0 aliphatic carbocycles. The normalized spacial score (nSPS) is 10.2. The number of carbonyl (C=O) groups is 6. The number of nitrogens with zero attached hydrogens (tertiary/aromatic N) is 2. The zero-order chi connectivity index (χ0) is 47.6. The molecule has 0 fully saturated rings. The molecule has 378 valence electrons. The van der Waals surface area contributed by atoms with Gasteiger partial charge in [-0.25, -0.2) is 24.0 Å². The molecular formula is C40H76LiN2O21U-. The van der Waals surface area contributed by atoms with Crippen molar-refractivity contribution in [2.45, 2.75) is 93.0 Å². The van der Waals surface area contributed by atoms with Gasteiger partial charge in [0, 0.05) is 31.1 Å². The Balaban J connectivity index is -0.000000112. The first-order valence-electron chi connectivity index (χ1n) is 19.3. The molecule has 0 aliphatic heterocycles. The van der Waals surface area contributed by atoms with Gasteiger partial charge in [0.15, 0.2) is 5.78 Å². The van der Waals surface area contributed by atoms with Crippen molar-refractivity contribution >= 4 is 41.8 Å². The molecule has 0 unspecified atom stereocenters. The number of hydrogen-bond acceptors (Lipinski definition) is 20. The van der Waals surface area contributed by atoms with Gasteiger partial charge in [-0.3, -0.25) is 4.79 Å². The van der Waals surface area contributed by atoms with Crippen LogP contribution in [0.5, 0.6) is 0 Å². The van der Waals surface area contributed by atoms with Crippen LogP contribution in [0.1, 0.15) is 76.2 Å². The van der Waals surface area contributed by atoms with E-state index < -0.39 is 40.7 Å². The van der Waals surface area contributed by atoms with Crippen molar-refractivity contribution in [1.29, 1.82) is 0 Å². The molecule has 3 N–H and O–H groups in total. The first-order chi connectivity index (χ1) is 28.4. The SMILES string of the molecule is CC(=O)COCCOCCOCC(=O)OC(C)(C)C.CC(C)(C)OC(=O)C=[N+]=[N-].CC(C)(C)OC(=O)COCCOCCOCC(=O)O.CCOC(=O)COCCOCCO.[CH3-].[Li+].[OH-].[U]. The number of aliphatic hydroxyl groups excluding tert-OH is 1. The zero-order valence-corrected chi connectivity index (χ0v) is 45.1. The summed E-state index contributed by atoms with van der Waals surface area (Å²) in [5, 5.41) is 16.6. The smallest absolute Gasteiger partial charge is 0.870 e. The summed E-state index contributed by atoms with van der Waals surface area (Å²) in [5.41, 5.74) is 6.36. The van der Waals surface area contributed by atoms with Gasteiger partial charge in [-0.15, -0.1) is 0 Å². The van der Waals surface area contributed by atoms with Gasteiger partial charge in [-0.05, 0) is 76.2 Å². The van der Waals surface area contributed by atoms with Gasteiger partial charge >= 0.3 is 54.9 Å². The van der Waals surface area contributed by atoms with Crippen molar-refractivity contribution in [2.75, 3.05) is 119 Å². The van der Waals surface area contributed by atoms with Gasteiger partial charge in [0.1, 0.15) is 49.8 Å². The van der Waals surface area contributed by atoms with Crippen molar-refractivity contribution in [3.05, 3.63) is 13.0 Å². The number of carbonyl (C=O) groups excluding carboxylic acids is 5. The van der Waals surface area contributed by atoms with Gasteiger partial charge in [0.25, 0.3) is 0 Å². The molecule has 65 heavy (non-hydrogen) atoms. The number of carboxylic acids is 1. The van der Waals surface area contributed by atoms with E-state index >= 15 is 0 Å². The molecule has 0 radical (unpaired) electrons. The minimum absolute atomic E-state index is 0. The molecule has 0 aromatic heterocycles. The van der Waals surface area contributed by atoms with E-state index in [1.807, 2.05) is 0 Å². The number of rotatable bonds is 29. The number of aliphatic hydroxyl groups is 1. The minimum Gasteiger partial charge on any atom is -0.870 e. The zero-order valence-electron chi connectivity index (χ0n) is 40.9. The molecule has 0 spiro atoms. The van der Waals surface area contributed by atoms with Gasteiger partial charge in [-0.2, -0.15) is 4.79 Å². The van der Waals surface area contributed by atoms with Crippen molar-refractivity contribution < 1.29 is 156 Å². The van der Waals surface area contributed by atoms with Crippen molar-refractivity contribution in [2.24, 2.45) is 0 Å². The molecule has 0 heterocycles. The van der Waals surface area contributed by atoms with Crippen LogP contribution >= 0.6 is 0 Å². The van der Waals surface area contributed by atoms with Gasteiger partial charge < -0.3 is 85.5 Å². The Bertz CT molecular complexity index is 1170. The Morgan fingerprint density at radius 1 is 0.538 bits per heavy atom. The van der Waals surface area contributed by atoms with E-state index in [1.54, 1.807) is 69.2 Å². The topological polar surface area (TPSA) is 320 Å². The Labute approximate surface area is 420 Å². The molecule has 0 bridgehead atoms. The Kier molecular flexibility index (Phi) is 64.5. The molecule has 23 nitrogen and oxygen atoms in total. The quantitative estimate of drug-likeness (QED) is 0.0131. The average Bonchev–Trinajstić information content (AvgIpc) is 3.10. The van der Waals surface area contributed by atoms with E-state index in [4.69, 9.17) is 67.8 Å². The fraction of sp³-hybridized carbons (Fsp3) is 0.800. The first-order valence-corrected chi connectivity index (χ1v) is 19.3. The average molecular weight is 1170 g/mol. The molecule has 0 saturated carbocycles. The van der Waals surface area contributed by atoms with E-state index in [0.717, 1.165) is 0 Å². The molecule has 0 amide bonds. The summed E-state index contributed by atoms with van der Waals surface area (Å²) in [6.07, 6.45) is 0.714. The summed E-state index contributed by atoms with van der Waals surface area (Å²) in [4.78, 5) is 66.9. The number of ether oxygens (including phenoxy) is 12. The van der Waals surface area contributed by atoms with E-state index in [2.05, 4.69) is 9.53 Å². The predicted molar refractivity (Wildman–Crippen MR) is 224 cm³/mol. The van der Waals surface area contributed by atoms with E-state index in [0.29, 0.717) is 65.7 Å². The number of aliphatic carboxylic acids is 1. The van der Waals surface area contributed by atoms with E-state index in [9.17, 15) is 28.8 Å². The molecule has 0 atom stereocenters. The summed E-state index contributed by atoms with van der Waals surface area (Å²) in [7, 11) is 0. The summed E-state index contributed by atoms with van der Waals surface area (Å²) in [6.45, 7) is 22.5. The third-order valence-electron chi connectivity index (χ3n) is 5.00. The summed E-state index contributed by atoms with van der Waals surface area (Å²) >= 11 is 0. The van der Waals surface area contributed by atoms with E-state index in [-0.39, 0.29) is 134 Å². The molecule has 0 aliphatic rings. The number of esters is 4. The predicted octanol–water partition coefficient (Wildman–Crippen LogP) is -1.09. The third kappa shape index (κ3) is 85.5. The van der Waals surface area contributed by atoms with Crippen molar-refractivity contribution in [3.63, 3.8) is 0 Å². The largest absolute Gasteiger partial charge is 1.00 e. The van der Waals surface area contributed by atoms with Gasteiger partial charge in [0.05, 0.1) is 85.9 Å². The van der Waals surface area contributed by atoms with Crippen molar-refractivity contribution in [3.8, 4) is 0 Å². The Hall–Kier alpha value is -2.35. The van der Waals surface area contributed by atoms with Crippen LogP contribution in [0.25, 0.3) is 5.53 Å². The fourth-order valence-corrected chi connectivity index (χ4v) is 3.12. The molecule has 0 aromatic carbocycles. The number of ketones is 1. The van der Waals surface area contributed by atoms with Crippen LogP contribution < -0.4 is 18.9 Å². The van der Waals surface area contributed by atoms with Crippen LogP contribution in [-0.2, 0) is 85.6 Å². The Morgan fingerprint density at radius 3 is 1.14 bits per heavy atom. The van der Waals surface area contributed by atoms with Gasteiger partial charge in [0.2, 0.25) is 0 Å². The molecule has 0 rings (SSSR count). The van der Waals surface area contributed by atoms with Crippen LogP contribution in [0.15, 0.2) is 0 Å². The summed E-state index contributed by atoms with van der Waals surface area (Å²) in [6, 6.07) is 0. The van der Waals surface area contributed by atoms with E-state index in [1.165, 1.54) is 6.92 Å². The molecule has 0 saturated heterocycles. The van der Waals surface area contributed by atoms with Crippen molar-refractivity contribution in [1.82, 2.24) is 0 Å². The van der Waals surface area contributed by atoms with Crippen LogP contribution in [-0.4, -0.2) is 198 Å². The standard InChI is InChI=1S/C13H24O6.C12H22O7.C8H16O5.C6H10N2O2.CH3.Li.H2O.U/c1-11(14)9-17-7-5-16-6-8-18-10-12(15)19-13(2,3)4;1-12(2,3)19-11(15)9-18-7-5-16-4-6-17-8-10(13)14;1-2-13-8(10)7-12-6-5-11-4-3-9;1-6(2,3)10-5(9)4-8-7;;;;/h5-10H2,1-4H3;4-9H2,1-3H3,(H,13,14);9H,2-7H2,1H3;4H,1-3H3;1H3;;1H2;/q;;;;-1;+1;;/p-1. The second-order valence-corrected chi connectivity index (χ2v) is 14.7. The molecule has 0 aromatic rings. The maximum atomic E-state index is 11.3. The maximum Gasteiger partial charge on any atom is 1.00 e.